The van der Waals surface area contributed by atoms with E-state index in [1.165, 1.54) is 22.4 Å². The largest absolute Gasteiger partial charge is 0.497 e. The lowest BCUT2D eigenvalue weighted by Crippen LogP contribution is -2.40. The number of methoxy groups -OCH3 is 1. The number of piperidine rings is 1. The summed E-state index contributed by atoms with van der Waals surface area (Å²) in [6.07, 6.45) is 10.5. The van der Waals surface area contributed by atoms with Crippen LogP contribution in [0.1, 0.15) is 24.0 Å². The Bertz CT molecular complexity index is 1140. The van der Waals surface area contributed by atoms with Crippen molar-refractivity contribution in [3.8, 4) is 5.75 Å². The van der Waals surface area contributed by atoms with Crippen LogP contribution in [-0.4, -0.2) is 44.0 Å². The van der Waals surface area contributed by atoms with Crippen LogP contribution in [-0.2, 0) is 6.54 Å². The lowest BCUT2D eigenvalue weighted by Gasteiger charge is -2.37. The maximum atomic E-state index is 6.19. The Morgan fingerprint density at radius 2 is 1.97 bits per heavy atom. The lowest BCUT2D eigenvalue weighted by atomic mass is 9.87. The summed E-state index contributed by atoms with van der Waals surface area (Å²) in [6, 6.07) is 16.5. The Kier molecular flexibility index (Phi) is 7.02. The number of likely N-dealkylation sites (tertiary alicyclic amines) is 1. The molecule has 0 saturated carbocycles. The Labute approximate surface area is 206 Å². The van der Waals surface area contributed by atoms with Crippen LogP contribution in [0.15, 0.2) is 83.1 Å². The molecule has 176 valence electrons. The third-order valence-corrected chi connectivity index (χ3v) is 7.01. The van der Waals surface area contributed by atoms with Crippen LogP contribution in [0.4, 0.5) is 0 Å². The number of aliphatic imine (C=N–C) groups is 1. The molecule has 0 bridgehead atoms. The summed E-state index contributed by atoms with van der Waals surface area (Å²) < 4.78 is 5.49. The van der Waals surface area contributed by atoms with E-state index < -0.39 is 0 Å². The molecule has 0 aromatic heterocycles. The monoisotopic (exact) mass is 474 g/mol. The highest BCUT2D eigenvalue weighted by Crippen LogP contribution is 2.33. The maximum absolute atomic E-state index is 6.19. The van der Waals surface area contributed by atoms with Gasteiger partial charge in [0.05, 0.1) is 7.11 Å². The highest BCUT2D eigenvalue weighted by atomic mass is 35.5. The molecule has 5 nitrogen and oxygen atoms in total. The molecule has 1 saturated heterocycles. The van der Waals surface area contributed by atoms with E-state index in [0.29, 0.717) is 5.92 Å². The van der Waals surface area contributed by atoms with Gasteiger partial charge in [0.1, 0.15) is 11.9 Å². The highest BCUT2D eigenvalue weighted by molar-refractivity contribution is 6.30. The Balaban J connectivity index is 1.37. The van der Waals surface area contributed by atoms with E-state index in [9.17, 15) is 0 Å². The number of halogens is 1. The van der Waals surface area contributed by atoms with E-state index in [1.54, 1.807) is 7.11 Å². The first-order chi connectivity index (χ1) is 16.7. The molecule has 34 heavy (non-hydrogen) atoms. The normalized spacial score (nSPS) is 21.1. The average Bonchev–Trinajstić information content (AvgIpc) is 2.89. The third kappa shape index (κ3) is 5.21. The van der Waals surface area contributed by atoms with E-state index in [1.807, 2.05) is 30.5 Å². The lowest BCUT2D eigenvalue weighted by molar-refractivity contribution is 0.188. The van der Waals surface area contributed by atoms with Crippen LogP contribution < -0.4 is 15.4 Å². The van der Waals surface area contributed by atoms with Gasteiger partial charge in [-0.15, -0.1) is 0 Å². The molecular formula is C28H31ClN4O. The smallest absolute Gasteiger partial charge is 0.144 e. The van der Waals surface area contributed by atoms with Crippen LogP contribution in [0.25, 0.3) is 5.57 Å². The van der Waals surface area contributed by atoms with Crippen molar-refractivity contribution in [2.24, 2.45) is 10.9 Å². The van der Waals surface area contributed by atoms with Gasteiger partial charge in [-0.25, -0.2) is 0 Å². The molecule has 0 spiro atoms. The number of hydrogen-bond donors (Lipinski definition) is 2. The van der Waals surface area contributed by atoms with Gasteiger partial charge < -0.3 is 15.4 Å². The van der Waals surface area contributed by atoms with E-state index in [-0.39, 0.29) is 6.17 Å². The SMILES string of the molecule is COc1cccc(C2=C(C3CCN(Cc4cccc(Cl)c4)CC3)NC(C3=CCNC=C3)N=C2)c1. The first kappa shape index (κ1) is 22.8. The van der Waals surface area contributed by atoms with E-state index in [4.69, 9.17) is 21.3 Å². The van der Waals surface area contributed by atoms with Crippen molar-refractivity contribution in [2.75, 3.05) is 26.7 Å². The predicted octanol–water partition coefficient (Wildman–Crippen LogP) is 5.02. The highest BCUT2D eigenvalue weighted by Gasteiger charge is 2.29. The molecule has 1 atom stereocenters. The summed E-state index contributed by atoms with van der Waals surface area (Å²) in [6.45, 7) is 3.89. The van der Waals surface area contributed by atoms with Crippen molar-refractivity contribution in [1.82, 2.24) is 15.5 Å². The van der Waals surface area contributed by atoms with Crippen molar-refractivity contribution in [1.29, 1.82) is 0 Å². The number of dihydropyridines is 1. The summed E-state index contributed by atoms with van der Waals surface area (Å²) >= 11 is 6.19. The maximum Gasteiger partial charge on any atom is 0.144 e. The second-order valence-corrected chi connectivity index (χ2v) is 9.45. The topological polar surface area (TPSA) is 48.9 Å². The molecule has 1 fully saturated rings. The molecule has 2 aromatic rings. The first-order valence-corrected chi connectivity index (χ1v) is 12.3. The summed E-state index contributed by atoms with van der Waals surface area (Å²) in [5, 5.41) is 7.84. The van der Waals surface area contributed by atoms with Crippen molar-refractivity contribution >= 4 is 23.4 Å². The van der Waals surface area contributed by atoms with E-state index in [2.05, 4.69) is 58.2 Å². The van der Waals surface area contributed by atoms with Crippen LogP contribution in [0.2, 0.25) is 5.02 Å². The Morgan fingerprint density at radius 3 is 2.74 bits per heavy atom. The molecule has 3 heterocycles. The van der Waals surface area contributed by atoms with Gasteiger partial charge in [-0.1, -0.05) is 41.9 Å². The zero-order valence-corrected chi connectivity index (χ0v) is 20.3. The van der Waals surface area contributed by atoms with Gasteiger partial charge in [0, 0.05) is 41.5 Å². The zero-order valence-electron chi connectivity index (χ0n) is 19.5. The minimum absolute atomic E-state index is 0.0489. The molecule has 3 aliphatic heterocycles. The molecule has 0 aliphatic carbocycles. The predicted molar refractivity (Wildman–Crippen MR) is 140 cm³/mol. The summed E-state index contributed by atoms with van der Waals surface area (Å²) in [5.41, 5.74) is 6.08. The first-order valence-electron chi connectivity index (χ1n) is 11.9. The van der Waals surface area contributed by atoms with Crippen molar-refractivity contribution in [3.63, 3.8) is 0 Å². The van der Waals surface area contributed by atoms with Gasteiger partial charge in [-0.2, -0.15) is 0 Å². The zero-order chi connectivity index (χ0) is 23.3. The van der Waals surface area contributed by atoms with Crippen molar-refractivity contribution < 1.29 is 4.74 Å². The Hall–Kier alpha value is -3.02. The summed E-state index contributed by atoms with van der Waals surface area (Å²) in [7, 11) is 1.71. The molecule has 6 heteroatoms. The number of ether oxygens (including phenoxy) is 1. The van der Waals surface area contributed by atoms with E-state index in [0.717, 1.165) is 55.4 Å². The molecular weight excluding hydrogens is 444 g/mol. The number of nitrogens with one attached hydrogen (secondary N) is 2. The van der Waals surface area contributed by atoms with Crippen molar-refractivity contribution in [2.45, 2.75) is 25.6 Å². The van der Waals surface area contributed by atoms with Gasteiger partial charge in [0.25, 0.3) is 0 Å². The van der Waals surface area contributed by atoms with Gasteiger partial charge in [-0.3, -0.25) is 9.89 Å². The second-order valence-electron chi connectivity index (χ2n) is 9.01. The fourth-order valence-electron chi connectivity index (χ4n) is 4.95. The fraction of sp³-hybridized carbons (Fsp3) is 0.321. The fourth-order valence-corrected chi connectivity index (χ4v) is 5.17. The minimum Gasteiger partial charge on any atom is -0.497 e. The number of nitrogens with zero attached hydrogens (tertiary/aromatic N) is 2. The molecule has 1 unspecified atom stereocenters. The van der Waals surface area contributed by atoms with Gasteiger partial charge in [-0.05, 0) is 79.2 Å². The van der Waals surface area contributed by atoms with E-state index >= 15 is 0 Å². The quantitative estimate of drug-likeness (QED) is 0.617. The van der Waals surface area contributed by atoms with Gasteiger partial charge >= 0.3 is 0 Å². The minimum atomic E-state index is -0.0489. The van der Waals surface area contributed by atoms with Crippen LogP contribution >= 0.6 is 11.6 Å². The Morgan fingerprint density at radius 1 is 1.12 bits per heavy atom. The number of allylic oxidation sites excluding steroid dienone is 2. The molecule has 0 amide bonds. The number of hydrogen-bond acceptors (Lipinski definition) is 5. The van der Waals surface area contributed by atoms with Gasteiger partial charge in [0.2, 0.25) is 0 Å². The number of rotatable bonds is 6. The number of benzene rings is 2. The molecule has 2 N–H and O–H groups in total. The molecule has 3 aliphatic rings. The van der Waals surface area contributed by atoms with Crippen LogP contribution in [0.3, 0.4) is 0 Å². The average molecular weight is 475 g/mol. The van der Waals surface area contributed by atoms with Crippen LogP contribution in [0.5, 0.6) is 5.75 Å². The van der Waals surface area contributed by atoms with Gasteiger partial charge in [0.15, 0.2) is 0 Å². The third-order valence-electron chi connectivity index (χ3n) is 6.77. The van der Waals surface area contributed by atoms with Crippen LogP contribution in [0, 0.1) is 5.92 Å². The summed E-state index contributed by atoms with van der Waals surface area (Å²) in [5.74, 6) is 1.32. The molecule has 0 radical (unpaired) electrons. The second kappa shape index (κ2) is 10.5. The molecule has 2 aromatic carbocycles. The van der Waals surface area contributed by atoms with Crippen molar-refractivity contribution in [3.05, 3.63) is 94.3 Å². The molecule has 5 rings (SSSR count). The standard InChI is InChI=1S/C28H31ClN4O/c1-34-25-7-3-5-23(17-25)26-18-31-28(22-8-12-30-13-9-22)32-27(26)21-10-14-33(15-11-21)19-20-4-2-6-24(29)16-20/h2-9,12,16-18,21,28,30,32H,10-11,13-15,19H2,1H3. The summed E-state index contributed by atoms with van der Waals surface area (Å²) in [4.78, 5) is 7.41.